The Labute approximate surface area is 374 Å². The molecular formula is C42H50F6N8O10. The van der Waals surface area contributed by atoms with Gasteiger partial charge in [-0.05, 0) is 103 Å². The normalized spacial score (nSPS) is 14.1. The number of amides is 6. The predicted octanol–water partition coefficient (Wildman–Crippen LogP) is 9.39. The number of ether oxygens (including phenoxy) is 4. The highest BCUT2D eigenvalue weighted by Gasteiger charge is 2.35. The lowest BCUT2D eigenvalue weighted by atomic mass is 10.1. The Bertz CT molecular complexity index is 2250. The summed E-state index contributed by atoms with van der Waals surface area (Å²) in [5.74, 6) is -1.69. The van der Waals surface area contributed by atoms with E-state index in [1.165, 1.54) is 30.3 Å². The summed E-state index contributed by atoms with van der Waals surface area (Å²) in [6, 6.07) is 7.89. The number of unbranched alkanes of at least 4 members (excludes halogenated alkanes) is 1. The number of halogens is 6. The highest BCUT2D eigenvalue weighted by atomic mass is 19.4. The number of benzene rings is 3. The molecule has 0 aromatic heterocycles. The van der Waals surface area contributed by atoms with E-state index in [2.05, 4.69) is 31.6 Å². The number of urea groups is 1. The number of alkyl carbamates (subject to hydrolysis) is 2. The van der Waals surface area contributed by atoms with Crippen molar-refractivity contribution < 1.29 is 74.4 Å². The number of nitrogens with zero attached hydrogens (tertiary/aromatic N) is 2. The zero-order chi connectivity index (χ0) is 49.2. The van der Waals surface area contributed by atoms with E-state index in [1.54, 1.807) is 41.5 Å². The highest BCUT2D eigenvalue weighted by Crippen LogP contribution is 2.42. The first-order chi connectivity index (χ1) is 30.5. The van der Waals surface area contributed by atoms with Crippen LogP contribution >= 0.6 is 0 Å². The average Bonchev–Trinajstić information content (AvgIpc) is 3.63. The summed E-state index contributed by atoms with van der Waals surface area (Å²) < 4.78 is 105. The zero-order valence-electron chi connectivity index (χ0n) is 36.6. The van der Waals surface area contributed by atoms with Gasteiger partial charge >= 0.3 is 36.7 Å². The van der Waals surface area contributed by atoms with Gasteiger partial charge in [-0.1, -0.05) is 0 Å². The van der Waals surface area contributed by atoms with E-state index in [1.807, 2.05) is 0 Å². The Morgan fingerprint density at radius 3 is 1.85 bits per heavy atom. The smallest absolute Gasteiger partial charge is 0.416 e. The molecule has 360 valence electrons. The topological polar surface area (TPSA) is 244 Å². The fourth-order valence-corrected chi connectivity index (χ4v) is 5.85. The van der Waals surface area contributed by atoms with Crippen molar-refractivity contribution in [2.24, 2.45) is 4.99 Å². The van der Waals surface area contributed by atoms with Gasteiger partial charge in [0.25, 0.3) is 0 Å². The first-order valence-corrected chi connectivity index (χ1v) is 20.1. The number of anilines is 4. The molecule has 0 radical (unpaired) electrons. The molecule has 3 aromatic rings. The summed E-state index contributed by atoms with van der Waals surface area (Å²) in [7, 11) is 0. The quantitative estimate of drug-likeness (QED) is 0.0296. The van der Waals surface area contributed by atoms with E-state index >= 15 is 0 Å². The van der Waals surface area contributed by atoms with Crippen LogP contribution in [0.2, 0.25) is 0 Å². The summed E-state index contributed by atoms with van der Waals surface area (Å²) in [5, 5.41) is 21.2. The molecule has 18 nitrogen and oxygen atoms in total. The Morgan fingerprint density at radius 2 is 1.32 bits per heavy atom. The van der Waals surface area contributed by atoms with Crippen LogP contribution in [0.3, 0.4) is 0 Å². The van der Waals surface area contributed by atoms with Gasteiger partial charge in [0.05, 0.1) is 29.0 Å². The Kier molecular flexibility index (Phi) is 16.6. The average molecular weight is 941 g/mol. The summed E-state index contributed by atoms with van der Waals surface area (Å²) >= 11 is 0. The van der Waals surface area contributed by atoms with Gasteiger partial charge in [0.2, 0.25) is 11.9 Å². The standard InChI is InChI=1S/C42H50F6N8O10/c1-39(2,3)65-36(59)54-34(55-37(60)66-40(4,5)6)50-15-8-7-9-32(57)52-30-19-24(42(46,47)48)20-31(33(30)64-28-14-16-56(22-28)38(61)62)53-35(58)51-26-10-12-27(13-11-26)63-29-18-23(41(43,44)45)17-25(49)21-29/h10-13,17-21,28H,7-9,14-16,22,49H2,1-6H3,(H,52,57)(H,61,62)(H2,51,53,58)(H2,50,54,55,59,60)/t28-/m1/s1. The van der Waals surface area contributed by atoms with Crippen LogP contribution in [0.1, 0.15) is 78.4 Å². The molecule has 0 bridgehead atoms. The van der Waals surface area contributed by atoms with E-state index < -0.39 is 88.1 Å². The van der Waals surface area contributed by atoms with Crippen molar-refractivity contribution in [3.8, 4) is 17.2 Å². The third-order valence-electron chi connectivity index (χ3n) is 8.56. The van der Waals surface area contributed by atoms with E-state index in [0.29, 0.717) is 12.1 Å². The number of carbonyl (C=O) groups excluding carboxylic acids is 4. The van der Waals surface area contributed by atoms with Crippen molar-refractivity contribution in [3.05, 3.63) is 65.7 Å². The number of aliphatic imine (C=N–C) groups is 1. The molecule has 1 aliphatic heterocycles. The second-order valence-corrected chi connectivity index (χ2v) is 16.6. The maximum absolute atomic E-state index is 14.3. The number of guanidine groups is 1. The number of carbonyl (C=O) groups is 5. The van der Waals surface area contributed by atoms with Crippen molar-refractivity contribution in [1.29, 1.82) is 0 Å². The molecule has 6 amide bonds. The van der Waals surface area contributed by atoms with Crippen LogP contribution in [-0.4, -0.2) is 83.1 Å². The molecule has 0 aliphatic carbocycles. The van der Waals surface area contributed by atoms with E-state index in [-0.39, 0.29) is 74.2 Å². The number of alkyl halides is 6. The molecule has 1 atom stereocenters. The van der Waals surface area contributed by atoms with E-state index in [0.717, 1.165) is 17.0 Å². The van der Waals surface area contributed by atoms with Crippen molar-refractivity contribution >= 4 is 58.9 Å². The van der Waals surface area contributed by atoms with Crippen LogP contribution in [0.4, 0.5) is 68.3 Å². The van der Waals surface area contributed by atoms with Gasteiger partial charge in [-0.2, -0.15) is 26.3 Å². The van der Waals surface area contributed by atoms with Crippen LogP contribution in [0.15, 0.2) is 59.6 Å². The Hall–Kier alpha value is -7.14. The zero-order valence-corrected chi connectivity index (χ0v) is 36.6. The first-order valence-electron chi connectivity index (χ1n) is 20.1. The molecular weight excluding hydrogens is 890 g/mol. The summed E-state index contributed by atoms with van der Waals surface area (Å²) in [4.78, 5) is 68.1. The number of hydrogen-bond acceptors (Lipinski definition) is 11. The van der Waals surface area contributed by atoms with Crippen molar-refractivity contribution in [2.75, 3.05) is 41.3 Å². The Balaban J connectivity index is 1.52. The summed E-state index contributed by atoms with van der Waals surface area (Å²) in [6.07, 6.45) is -13.6. The highest BCUT2D eigenvalue weighted by molar-refractivity contribution is 6.03. The van der Waals surface area contributed by atoms with Crippen molar-refractivity contribution in [2.45, 2.75) is 96.9 Å². The van der Waals surface area contributed by atoms with Gasteiger partial charge in [0.15, 0.2) is 5.75 Å². The number of carboxylic acid groups (broad SMARTS) is 1. The number of nitrogen functional groups attached to an aromatic ring is 1. The van der Waals surface area contributed by atoms with Crippen LogP contribution in [-0.2, 0) is 26.6 Å². The second kappa shape index (κ2) is 21.2. The third-order valence-corrected chi connectivity index (χ3v) is 8.56. The largest absolute Gasteiger partial charge is 0.484 e. The van der Waals surface area contributed by atoms with Crippen LogP contribution in [0.5, 0.6) is 17.2 Å². The molecule has 1 heterocycles. The lowest BCUT2D eigenvalue weighted by molar-refractivity contribution is -0.138. The molecule has 1 fully saturated rings. The third kappa shape index (κ3) is 17.1. The summed E-state index contributed by atoms with van der Waals surface area (Å²) in [6.45, 7) is 9.50. The monoisotopic (exact) mass is 940 g/mol. The van der Waals surface area contributed by atoms with Gasteiger partial charge in [0.1, 0.15) is 28.8 Å². The van der Waals surface area contributed by atoms with Crippen molar-refractivity contribution in [1.82, 2.24) is 15.5 Å². The molecule has 1 saturated heterocycles. The molecule has 1 aliphatic rings. The van der Waals surface area contributed by atoms with Crippen molar-refractivity contribution in [3.63, 3.8) is 0 Å². The van der Waals surface area contributed by atoms with Gasteiger partial charge in [-0.15, -0.1) is 0 Å². The number of nitrogens with one attached hydrogen (secondary N) is 5. The molecule has 66 heavy (non-hydrogen) atoms. The van der Waals surface area contributed by atoms with E-state index in [9.17, 15) is 55.4 Å². The first kappa shape index (κ1) is 51.5. The molecule has 0 saturated carbocycles. The maximum atomic E-state index is 14.3. The lowest BCUT2D eigenvalue weighted by Gasteiger charge is -2.23. The van der Waals surface area contributed by atoms with Gasteiger partial charge in [-0.25, -0.2) is 19.2 Å². The maximum Gasteiger partial charge on any atom is 0.416 e. The molecule has 4 rings (SSSR count). The fraction of sp³-hybridized carbons (Fsp3) is 0.429. The number of likely N-dealkylation sites (tertiary alicyclic amines) is 1. The van der Waals surface area contributed by atoms with Crippen LogP contribution in [0, 0.1) is 0 Å². The molecule has 8 N–H and O–H groups in total. The fourth-order valence-electron chi connectivity index (χ4n) is 5.85. The minimum Gasteiger partial charge on any atom is -0.484 e. The lowest BCUT2D eigenvalue weighted by Crippen LogP contribution is -2.47. The number of rotatable bonds is 12. The molecule has 3 aromatic carbocycles. The molecule has 0 spiro atoms. The van der Waals surface area contributed by atoms with Crippen LogP contribution in [0.25, 0.3) is 0 Å². The van der Waals surface area contributed by atoms with E-state index in [4.69, 9.17) is 24.7 Å². The Morgan fingerprint density at radius 1 is 0.758 bits per heavy atom. The minimum absolute atomic E-state index is 0.0250. The number of nitrogens with two attached hydrogens (primary N) is 1. The SMILES string of the molecule is CC(C)(C)OC(=O)NC(=NCCCCC(=O)Nc1cc(C(F)(F)F)cc(NC(=O)Nc2ccc(Oc3cc(N)cc(C(F)(F)F)c3)cc2)c1O[C@@H]1CCN(C(=O)O)C1)NC(=O)OC(C)(C)C. The number of hydrogen-bond donors (Lipinski definition) is 7. The van der Waals surface area contributed by atoms with Crippen LogP contribution < -0.4 is 41.8 Å². The minimum atomic E-state index is -5.01. The van der Waals surface area contributed by atoms with Gasteiger partial charge in [0, 0.05) is 43.4 Å². The van der Waals surface area contributed by atoms with Gasteiger partial charge < -0.3 is 50.6 Å². The molecule has 0 unspecified atom stereocenters. The predicted molar refractivity (Wildman–Crippen MR) is 229 cm³/mol. The molecule has 24 heteroatoms. The second-order valence-electron chi connectivity index (χ2n) is 16.6. The summed E-state index contributed by atoms with van der Waals surface area (Å²) in [5.41, 5.74) is 0.292. The van der Waals surface area contributed by atoms with Gasteiger partial charge in [-0.3, -0.25) is 20.4 Å².